The molecule has 0 aliphatic carbocycles. The number of hydrogen-bond donors (Lipinski definition) is 1. The highest BCUT2D eigenvalue weighted by Crippen LogP contribution is 2.20. The molecule has 1 heterocycles. The van der Waals surface area contributed by atoms with E-state index in [4.69, 9.17) is 10.5 Å². The van der Waals surface area contributed by atoms with Gasteiger partial charge >= 0.3 is 0 Å². The van der Waals surface area contributed by atoms with Crippen LogP contribution in [0.25, 0.3) is 0 Å². The minimum atomic E-state index is -0.424. The lowest BCUT2D eigenvalue weighted by atomic mass is 9.86. The Bertz CT molecular complexity index is 255. The van der Waals surface area contributed by atoms with Crippen molar-refractivity contribution in [2.75, 3.05) is 26.8 Å². The third kappa shape index (κ3) is 4.28. The maximum absolute atomic E-state index is 12.1. The van der Waals surface area contributed by atoms with Crippen LogP contribution in [0.15, 0.2) is 0 Å². The summed E-state index contributed by atoms with van der Waals surface area (Å²) in [7, 11) is 1.85. The molecule has 4 nitrogen and oxygen atoms in total. The first kappa shape index (κ1) is 14.5. The molecule has 0 radical (unpaired) electrons. The van der Waals surface area contributed by atoms with Crippen molar-refractivity contribution < 1.29 is 9.53 Å². The van der Waals surface area contributed by atoms with Crippen molar-refractivity contribution in [3.8, 4) is 0 Å². The highest BCUT2D eigenvalue weighted by atomic mass is 16.5. The predicted molar refractivity (Wildman–Crippen MR) is 68.6 cm³/mol. The third-order valence-corrected chi connectivity index (χ3v) is 3.45. The molecule has 100 valence electrons. The first-order valence-electron chi connectivity index (χ1n) is 6.40. The fourth-order valence-corrected chi connectivity index (χ4v) is 2.01. The van der Waals surface area contributed by atoms with Gasteiger partial charge in [-0.2, -0.15) is 0 Å². The molecule has 1 rings (SSSR count). The number of ether oxygens (including phenoxy) is 1. The van der Waals surface area contributed by atoms with Crippen LogP contribution in [0.1, 0.15) is 33.6 Å². The van der Waals surface area contributed by atoms with E-state index in [9.17, 15) is 4.79 Å². The number of carbonyl (C=O) groups excluding carboxylic acids is 1. The van der Waals surface area contributed by atoms with Crippen molar-refractivity contribution >= 4 is 5.91 Å². The van der Waals surface area contributed by atoms with E-state index in [0.717, 1.165) is 32.6 Å². The molecule has 0 saturated carbocycles. The molecule has 1 amide bonds. The Labute approximate surface area is 104 Å². The van der Waals surface area contributed by atoms with Crippen LogP contribution < -0.4 is 5.73 Å². The van der Waals surface area contributed by atoms with Gasteiger partial charge < -0.3 is 15.4 Å². The van der Waals surface area contributed by atoms with E-state index in [1.165, 1.54) is 0 Å². The van der Waals surface area contributed by atoms with Crippen molar-refractivity contribution in [3.63, 3.8) is 0 Å². The van der Waals surface area contributed by atoms with Crippen LogP contribution in [0.5, 0.6) is 0 Å². The Morgan fingerprint density at radius 3 is 2.41 bits per heavy atom. The van der Waals surface area contributed by atoms with Gasteiger partial charge in [-0.05, 0) is 24.2 Å². The monoisotopic (exact) mass is 242 g/mol. The largest absolute Gasteiger partial charge is 0.381 e. The molecule has 1 fully saturated rings. The van der Waals surface area contributed by atoms with Crippen LogP contribution in [0, 0.1) is 11.3 Å². The molecule has 0 aromatic rings. The molecule has 1 unspecified atom stereocenters. The Balaban J connectivity index is 2.46. The molecule has 0 bridgehead atoms. The average Bonchev–Trinajstić information content (AvgIpc) is 2.27. The van der Waals surface area contributed by atoms with E-state index in [0.29, 0.717) is 5.92 Å². The molecule has 2 N–H and O–H groups in total. The molecule has 0 spiro atoms. The molecule has 0 aromatic heterocycles. The fraction of sp³-hybridized carbons (Fsp3) is 0.923. The Morgan fingerprint density at radius 1 is 1.41 bits per heavy atom. The average molecular weight is 242 g/mol. The van der Waals surface area contributed by atoms with Gasteiger partial charge in [-0.1, -0.05) is 20.8 Å². The van der Waals surface area contributed by atoms with Crippen molar-refractivity contribution in [2.24, 2.45) is 17.1 Å². The summed E-state index contributed by atoms with van der Waals surface area (Å²) in [6, 6.07) is -0.424. The smallest absolute Gasteiger partial charge is 0.239 e. The van der Waals surface area contributed by atoms with E-state index in [1.807, 2.05) is 27.8 Å². The molecule has 1 atom stereocenters. The van der Waals surface area contributed by atoms with Gasteiger partial charge in [0.05, 0.1) is 6.04 Å². The zero-order valence-electron chi connectivity index (χ0n) is 11.5. The predicted octanol–water partition coefficient (Wildman–Crippen LogP) is 1.24. The van der Waals surface area contributed by atoms with Crippen LogP contribution >= 0.6 is 0 Å². The zero-order valence-corrected chi connectivity index (χ0v) is 11.5. The summed E-state index contributed by atoms with van der Waals surface area (Å²) in [5.41, 5.74) is 5.80. The zero-order chi connectivity index (χ0) is 13.1. The number of amides is 1. The van der Waals surface area contributed by atoms with Crippen LogP contribution in [0.3, 0.4) is 0 Å². The van der Waals surface area contributed by atoms with Gasteiger partial charge in [0.1, 0.15) is 0 Å². The van der Waals surface area contributed by atoms with Crippen molar-refractivity contribution in [1.29, 1.82) is 0 Å². The lowest BCUT2D eigenvalue weighted by Gasteiger charge is -2.32. The van der Waals surface area contributed by atoms with Crippen molar-refractivity contribution in [1.82, 2.24) is 4.90 Å². The fourth-order valence-electron chi connectivity index (χ4n) is 2.01. The van der Waals surface area contributed by atoms with Gasteiger partial charge in [-0.25, -0.2) is 0 Å². The Hall–Kier alpha value is -0.610. The summed E-state index contributed by atoms with van der Waals surface area (Å²) in [6.07, 6.45) is 2.09. The van der Waals surface area contributed by atoms with Crippen LogP contribution in [0.2, 0.25) is 0 Å². The summed E-state index contributed by atoms with van der Waals surface area (Å²) in [5, 5.41) is 0. The second-order valence-corrected chi connectivity index (χ2v) is 6.12. The summed E-state index contributed by atoms with van der Waals surface area (Å²) >= 11 is 0. The van der Waals surface area contributed by atoms with Gasteiger partial charge in [0.15, 0.2) is 0 Å². The van der Waals surface area contributed by atoms with Crippen molar-refractivity contribution in [3.05, 3.63) is 0 Å². The summed E-state index contributed by atoms with van der Waals surface area (Å²) in [4.78, 5) is 13.9. The van der Waals surface area contributed by atoms with Crippen LogP contribution in [0.4, 0.5) is 0 Å². The minimum Gasteiger partial charge on any atom is -0.381 e. The number of carbonyl (C=O) groups is 1. The minimum absolute atomic E-state index is 0.0454. The molecule has 17 heavy (non-hydrogen) atoms. The van der Waals surface area contributed by atoms with E-state index in [1.54, 1.807) is 4.90 Å². The van der Waals surface area contributed by atoms with Crippen LogP contribution in [-0.2, 0) is 9.53 Å². The van der Waals surface area contributed by atoms with E-state index >= 15 is 0 Å². The Morgan fingerprint density at radius 2 is 1.94 bits per heavy atom. The first-order chi connectivity index (χ1) is 7.82. The molecule has 1 aliphatic heterocycles. The van der Waals surface area contributed by atoms with Gasteiger partial charge in [-0.15, -0.1) is 0 Å². The number of rotatable bonds is 3. The maximum atomic E-state index is 12.1. The van der Waals surface area contributed by atoms with Gasteiger partial charge in [0.2, 0.25) is 5.91 Å². The molecular formula is C13H26N2O2. The number of hydrogen-bond acceptors (Lipinski definition) is 3. The van der Waals surface area contributed by atoms with E-state index in [-0.39, 0.29) is 11.3 Å². The van der Waals surface area contributed by atoms with Gasteiger partial charge in [0.25, 0.3) is 0 Å². The summed E-state index contributed by atoms with van der Waals surface area (Å²) in [5.74, 6) is 0.605. The van der Waals surface area contributed by atoms with E-state index in [2.05, 4.69) is 0 Å². The second kappa shape index (κ2) is 5.83. The van der Waals surface area contributed by atoms with Gasteiger partial charge in [0, 0.05) is 26.8 Å². The quantitative estimate of drug-likeness (QED) is 0.810. The molecule has 4 heteroatoms. The lowest BCUT2D eigenvalue weighted by Crippen LogP contribution is -2.50. The molecule has 1 saturated heterocycles. The highest BCUT2D eigenvalue weighted by Gasteiger charge is 2.30. The molecule has 1 aliphatic rings. The SMILES string of the molecule is CN(CC1CCOCC1)C(=O)C(N)C(C)(C)C. The number of likely N-dealkylation sites (N-methyl/N-ethyl adjacent to an activating group) is 1. The topological polar surface area (TPSA) is 55.6 Å². The van der Waals surface area contributed by atoms with E-state index < -0.39 is 6.04 Å². The van der Waals surface area contributed by atoms with Gasteiger partial charge in [-0.3, -0.25) is 4.79 Å². The highest BCUT2D eigenvalue weighted by molar-refractivity contribution is 5.82. The van der Waals surface area contributed by atoms with Crippen LogP contribution in [-0.4, -0.2) is 43.7 Å². The number of nitrogens with zero attached hydrogens (tertiary/aromatic N) is 1. The summed E-state index contributed by atoms with van der Waals surface area (Å²) < 4.78 is 5.32. The lowest BCUT2D eigenvalue weighted by molar-refractivity contribution is -0.134. The molecule has 0 aromatic carbocycles. The second-order valence-electron chi connectivity index (χ2n) is 6.12. The third-order valence-electron chi connectivity index (χ3n) is 3.45. The maximum Gasteiger partial charge on any atom is 0.239 e. The Kier molecular flexibility index (Phi) is 4.95. The normalized spacial score (nSPS) is 20.1. The first-order valence-corrected chi connectivity index (χ1v) is 6.40. The molecular weight excluding hydrogens is 216 g/mol. The number of nitrogens with two attached hydrogens (primary N) is 1. The van der Waals surface area contributed by atoms with Crippen molar-refractivity contribution in [2.45, 2.75) is 39.7 Å². The standard InChI is InChI=1S/C13H26N2O2/c1-13(2,3)11(14)12(16)15(4)9-10-5-7-17-8-6-10/h10-11H,5-9,14H2,1-4H3. The summed E-state index contributed by atoms with van der Waals surface area (Å²) in [6.45, 7) is 8.43.